The third kappa shape index (κ3) is 5.22. The number of rotatable bonds is 8. The summed E-state index contributed by atoms with van der Waals surface area (Å²) in [5.41, 5.74) is 1.59. The SMILES string of the molecule is CCN(CC)c1ccc(C(=O)NC(C)c2ccc(OC(C)C)cc2)cn1. The number of hydrogen-bond donors (Lipinski definition) is 1. The van der Waals surface area contributed by atoms with Gasteiger partial charge in [-0.05, 0) is 64.4 Å². The van der Waals surface area contributed by atoms with Crippen molar-refractivity contribution in [2.24, 2.45) is 0 Å². The molecule has 0 aliphatic carbocycles. The van der Waals surface area contributed by atoms with E-state index in [4.69, 9.17) is 4.74 Å². The van der Waals surface area contributed by atoms with Gasteiger partial charge in [0, 0.05) is 19.3 Å². The topological polar surface area (TPSA) is 54.5 Å². The molecule has 1 N–H and O–H groups in total. The second kappa shape index (κ2) is 9.22. The van der Waals surface area contributed by atoms with E-state index >= 15 is 0 Å². The van der Waals surface area contributed by atoms with Crippen molar-refractivity contribution in [2.75, 3.05) is 18.0 Å². The Morgan fingerprint density at radius 1 is 1.08 bits per heavy atom. The normalized spacial score (nSPS) is 11.9. The van der Waals surface area contributed by atoms with Crippen molar-refractivity contribution in [2.45, 2.75) is 46.8 Å². The molecule has 0 fully saturated rings. The molecule has 1 heterocycles. The maximum atomic E-state index is 12.5. The Morgan fingerprint density at radius 3 is 2.23 bits per heavy atom. The summed E-state index contributed by atoms with van der Waals surface area (Å²) in [6.07, 6.45) is 1.78. The molecule has 2 rings (SSSR count). The van der Waals surface area contributed by atoms with Crippen LogP contribution in [0.1, 0.15) is 56.6 Å². The molecule has 1 atom stereocenters. The average Bonchev–Trinajstić information content (AvgIpc) is 2.63. The molecule has 5 nitrogen and oxygen atoms in total. The highest BCUT2D eigenvalue weighted by Crippen LogP contribution is 2.19. The van der Waals surface area contributed by atoms with Gasteiger partial charge in [0.25, 0.3) is 5.91 Å². The quantitative estimate of drug-likeness (QED) is 0.771. The molecule has 140 valence electrons. The van der Waals surface area contributed by atoms with Crippen LogP contribution in [0, 0.1) is 0 Å². The first-order valence-electron chi connectivity index (χ1n) is 9.23. The van der Waals surface area contributed by atoms with E-state index in [0.717, 1.165) is 30.2 Å². The number of nitrogens with zero attached hydrogens (tertiary/aromatic N) is 2. The van der Waals surface area contributed by atoms with Gasteiger partial charge in [-0.1, -0.05) is 12.1 Å². The summed E-state index contributed by atoms with van der Waals surface area (Å²) in [4.78, 5) is 19.0. The Hall–Kier alpha value is -2.56. The summed E-state index contributed by atoms with van der Waals surface area (Å²) in [6.45, 7) is 11.9. The van der Waals surface area contributed by atoms with E-state index in [0.29, 0.717) is 5.56 Å². The molecule has 0 saturated carbocycles. The number of carbonyl (C=O) groups is 1. The van der Waals surface area contributed by atoms with Crippen LogP contribution in [0.2, 0.25) is 0 Å². The molecule has 1 aromatic carbocycles. The molecule has 1 aromatic heterocycles. The van der Waals surface area contributed by atoms with Crippen LogP contribution in [-0.2, 0) is 0 Å². The van der Waals surface area contributed by atoms with Crippen molar-refractivity contribution >= 4 is 11.7 Å². The molecule has 0 saturated heterocycles. The Kier molecular flexibility index (Phi) is 7.01. The van der Waals surface area contributed by atoms with Gasteiger partial charge >= 0.3 is 0 Å². The number of anilines is 1. The van der Waals surface area contributed by atoms with Gasteiger partial charge in [0.1, 0.15) is 11.6 Å². The van der Waals surface area contributed by atoms with E-state index in [1.807, 2.05) is 57.2 Å². The number of carbonyl (C=O) groups excluding carboxylic acids is 1. The molecule has 0 radical (unpaired) electrons. The first-order chi connectivity index (χ1) is 12.4. The standard InChI is InChI=1S/C21H29N3O2/c1-6-24(7-2)20-13-10-18(14-22-20)21(25)23-16(5)17-8-11-19(12-9-17)26-15(3)4/h8-16H,6-7H2,1-5H3,(H,23,25). The van der Waals surface area contributed by atoms with Crippen molar-refractivity contribution in [1.82, 2.24) is 10.3 Å². The van der Waals surface area contributed by atoms with Crippen LogP contribution in [0.5, 0.6) is 5.75 Å². The minimum atomic E-state index is -0.126. The van der Waals surface area contributed by atoms with Crippen molar-refractivity contribution < 1.29 is 9.53 Å². The number of amides is 1. The van der Waals surface area contributed by atoms with Gasteiger partial charge in [-0.3, -0.25) is 4.79 Å². The third-order valence-corrected chi connectivity index (χ3v) is 4.20. The fraction of sp³-hybridized carbons (Fsp3) is 0.429. The van der Waals surface area contributed by atoms with Gasteiger partial charge in [-0.25, -0.2) is 4.98 Å². The van der Waals surface area contributed by atoms with Crippen LogP contribution >= 0.6 is 0 Å². The summed E-state index contributed by atoms with van der Waals surface area (Å²) < 4.78 is 5.65. The number of pyridine rings is 1. The molecule has 0 aliphatic rings. The summed E-state index contributed by atoms with van der Waals surface area (Å²) in [6, 6.07) is 11.4. The number of hydrogen-bond acceptors (Lipinski definition) is 4. The molecule has 0 bridgehead atoms. The Balaban J connectivity index is 2.00. The fourth-order valence-corrected chi connectivity index (χ4v) is 2.73. The van der Waals surface area contributed by atoms with Crippen molar-refractivity contribution in [1.29, 1.82) is 0 Å². The monoisotopic (exact) mass is 355 g/mol. The van der Waals surface area contributed by atoms with Gasteiger partial charge in [0.15, 0.2) is 0 Å². The van der Waals surface area contributed by atoms with Gasteiger partial charge in [0.2, 0.25) is 0 Å². The van der Waals surface area contributed by atoms with Crippen LogP contribution in [0.25, 0.3) is 0 Å². The predicted octanol–water partition coefficient (Wildman–Crippen LogP) is 4.21. The smallest absolute Gasteiger partial charge is 0.253 e. The van der Waals surface area contributed by atoms with Crippen LogP contribution in [-0.4, -0.2) is 30.1 Å². The van der Waals surface area contributed by atoms with Crippen molar-refractivity contribution in [3.8, 4) is 5.75 Å². The summed E-state index contributed by atoms with van der Waals surface area (Å²) in [7, 11) is 0. The fourth-order valence-electron chi connectivity index (χ4n) is 2.73. The molecule has 5 heteroatoms. The highest BCUT2D eigenvalue weighted by Gasteiger charge is 2.13. The van der Waals surface area contributed by atoms with E-state index < -0.39 is 0 Å². The lowest BCUT2D eigenvalue weighted by Crippen LogP contribution is -2.27. The molecule has 26 heavy (non-hydrogen) atoms. The lowest BCUT2D eigenvalue weighted by atomic mass is 10.1. The Bertz CT molecular complexity index is 692. The predicted molar refractivity (Wildman–Crippen MR) is 106 cm³/mol. The zero-order valence-corrected chi connectivity index (χ0v) is 16.3. The number of benzene rings is 1. The largest absolute Gasteiger partial charge is 0.491 e. The molecule has 2 aromatic rings. The maximum Gasteiger partial charge on any atom is 0.253 e. The Morgan fingerprint density at radius 2 is 1.73 bits per heavy atom. The van der Waals surface area contributed by atoms with Crippen LogP contribution in [0.3, 0.4) is 0 Å². The second-order valence-electron chi connectivity index (χ2n) is 6.51. The zero-order chi connectivity index (χ0) is 19.1. The zero-order valence-electron chi connectivity index (χ0n) is 16.3. The van der Waals surface area contributed by atoms with E-state index in [1.165, 1.54) is 0 Å². The lowest BCUT2D eigenvalue weighted by Gasteiger charge is -2.20. The number of ether oxygens (including phenoxy) is 1. The molecule has 0 spiro atoms. The number of nitrogens with one attached hydrogen (secondary N) is 1. The maximum absolute atomic E-state index is 12.5. The van der Waals surface area contributed by atoms with Gasteiger partial charge < -0.3 is 15.0 Å². The molecule has 0 aliphatic heterocycles. The highest BCUT2D eigenvalue weighted by atomic mass is 16.5. The van der Waals surface area contributed by atoms with Crippen molar-refractivity contribution in [3.63, 3.8) is 0 Å². The number of aromatic nitrogens is 1. The van der Waals surface area contributed by atoms with E-state index in [9.17, 15) is 4.79 Å². The summed E-state index contributed by atoms with van der Waals surface area (Å²) in [5, 5.41) is 3.02. The minimum absolute atomic E-state index is 0.0990. The Labute approximate surface area is 156 Å². The van der Waals surface area contributed by atoms with E-state index in [2.05, 4.69) is 29.0 Å². The van der Waals surface area contributed by atoms with Crippen LogP contribution in [0.15, 0.2) is 42.6 Å². The molecular formula is C21H29N3O2. The van der Waals surface area contributed by atoms with E-state index in [-0.39, 0.29) is 18.1 Å². The van der Waals surface area contributed by atoms with Crippen LogP contribution in [0.4, 0.5) is 5.82 Å². The molecular weight excluding hydrogens is 326 g/mol. The van der Waals surface area contributed by atoms with Crippen LogP contribution < -0.4 is 15.0 Å². The van der Waals surface area contributed by atoms with Gasteiger partial charge in [-0.2, -0.15) is 0 Å². The molecule has 1 unspecified atom stereocenters. The third-order valence-electron chi connectivity index (χ3n) is 4.20. The highest BCUT2D eigenvalue weighted by molar-refractivity contribution is 5.94. The van der Waals surface area contributed by atoms with Gasteiger partial charge in [0.05, 0.1) is 17.7 Å². The summed E-state index contributed by atoms with van der Waals surface area (Å²) >= 11 is 0. The van der Waals surface area contributed by atoms with E-state index in [1.54, 1.807) is 6.20 Å². The summed E-state index contributed by atoms with van der Waals surface area (Å²) in [5.74, 6) is 1.59. The average molecular weight is 355 g/mol. The molecule has 1 amide bonds. The first kappa shape index (κ1) is 19.8. The van der Waals surface area contributed by atoms with Gasteiger partial charge in [-0.15, -0.1) is 0 Å². The first-order valence-corrected chi connectivity index (χ1v) is 9.23. The van der Waals surface area contributed by atoms with Crippen molar-refractivity contribution in [3.05, 3.63) is 53.7 Å². The second-order valence-corrected chi connectivity index (χ2v) is 6.51. The minimum Gasteiger partial charge on any atom is -0.491 e. The lowest BCUT2D eigenvalue weighted by molar-refractivity contribution is 0.0939.